The average Bonchev–Trinajstić information content (AvgIpc) is 3.25. The number of fused-ring (bicyclic) bond motifs is 3. The van der Waals surface area contributed by atoms with E-state index in [1.165, 1.54) is 66.7 Å². The zero-order valence-electron chi connectivity index (χ0n) is 20.7. The Hall–Kier alpha value is -3.34. The maximum atomic E-state index is 8.12. The van der Waals surface area contributed by atoms with Gasteiger partial charge < -0.3 is 10.2 Å². The largest absolute Gasteiger partial charge is 0.373 e. The van der Waals surface area contributed by atoms with Crippen LogP contribution < -0.4 is 5.32 Å². The van der Waals surface area contributed by atoms with E-state index in [1.54, 1.807) is 0 Å². The van der Waals surface area contributed by atoms with Crippen molar-refractivity contribution in [1.29, 1.82) is 0 Å². The third-order valence-electron chi connectivity index (χ3n) is 6.97. The van der Waals surface area contributed by atoms with Crippen LogP contribution in [0, 0.1) is 6.92 Å². The first-order valence-electron chi connectivity index (χ1n) is 12.6. The smallest absolute Gasteiger partial charge is 0.369 e. The van der Waals surface area contributed by atoms with Crippen LogP contribution in [0.1, 0.15) is 66.7 Å². The Kier molecular flexibility index (Phi) is 8.40. The summed E-state index contributed by atoms with van der Waals surface area (Å²) in [6, 6.07) is 17.4. The quantitative estimate of drug-likeness (QED) is 0.374. The van der Waals surface area contributed by atoms with Crippen LogP contribution in [0.15, 0.2) is 48.5 Å². The minimum atomic E-state index is 0.167. The van der Waals surface area contributed by atoms with Crippen LogP contribution in [-0.2, 0) is 16.0 Å². The number of hydrogen-bond donors (Lipinski definition) is 1. The van der Waals surface area contributed by atoms with Gasteiger partial charge in [0.15, 0.2) is 0 Å². The number of benzene rings is 2. The topological polar surface area (TPSA) is 75.2 Å². The first kappa shape index (κ1) is 24.8. The Morgan fingerprint density at radius 2 is 1.77 bits per heavy atom. The highest BCUT2D eigenvalue weighted by atomic mass is 16.2. The molecule has 0 amide bonds. The van der Waals surface area contributed by atoms with Crippen molar-refractivity contribution in [3.8, 4) is 11.1 Å². The molecule has 182 valence electrons. The molecule has 1 unspecified atom stereocenters. The molecular weight excluding hydrogens is 436 g/mol. The van der Waals surface area contributed by atoms with Gasteiger partial charge in [-0.05, 0) is 62.5 Å². The van der Waals surface area contributed by atoms with Crippen molar-refractivity contribution >= 4 is 12.0 Å². The summed E-state index contributed by atoms with van der Waals surface area (Å²) in [7, 11) is 0. The second-order valence-electron chi connectivity index (χ2n) is 9.49. The SMILES string of the molecule is Cc1ccc2c(c1)Cc1nc(C(C)c3ccccc3)nc(NCCCN3CCCCC3)c1-2.O=C=O. The number of anilines is 1. The van der Waals surface area contributed by atoms with Gasteiger partial charge in [0.05, 0.1) is 5.69 Å². The number of piperidine rings is 1. The molecule has 35 heavy (non-hydrogen) atoms. The molecule has 2 aliphatic rings. The maximum absolute atomic E-state index is 8.12. The van der Waals surface area contributed by atoms with Crippen molar-refractivity contribution in [2.45, 2.75) is 51.9 Å². The fraction of sp³-hybridized carbons (Fsp3) is 0.414. The first-order valence-corrected chi connectivity index (χ1v) is 12.6. The zero-order chi connectivity index (χ0) is 24.6. The first-order chi connectivity index (χ1) is 17.1. The van der Waals surface area contributed by atoms with Gasteiger partial charge in [0, 0.05) is 24.4 Å². The number of carbonyl (C=O) groups excluding carboxylic acids is 2. The molecule has 1 aliphatic heterocycles. The lowest BCUT2D eigenvalue weighted by atomic mass is 10.00. The number of likely N-dealkylation sites (tertiary alicyclic amines) is 1. The summed E-state index contributed by atoms with van der Waals surface area (Å²) in [6.07, 6.45) is 6.38. The lowest BCUT2D eigenvalue weighted by molar-refractivity contribution is -0.191. The summed E-state index contributed by atoms with van der Waals surface area (Å²) in [5, 5.41) is 3.71. The monoisotopic (exact) mass is 470 g/mol. The zero-order valence-corrected chi connectivity index (χ0v) is 20.7. The highest BCUT2D eigenvalue weighted by molar-refractivity contribution is 5.84. The molecule has 6 heteroatoms. The molecule has 1 saturated heterocycles. The van der Waals surface area contributed by atoms with E-state index in [-0.39, 0.29) is 12.1 Å². The maximum Gasteiger partial charge on any atom is 0.373 e. The summed E-state index contributed by atoms with van der Waals surface area (Å²) in [5.41, 5.74) is 7.60. The molecule has 6 nitrogen and oxygen atoms in total. The Bertz CT molecular complexity index is 1170. The van der Waals surface area contributed by atoms with E-state index in [4.69, 9.17) is 19.6 Å². The molecule has 3 aromatic rings. The number of aromatic nitrogens is 2. The van der Waals surface area contributed by atoms with Crippen LogP contribution in [0.4, 0.5) is 5.82 Å². The molecule has 1 aliphatic carbocycles. The van der Waals surface area contributed by atoms with E-state index < -0.39 is 0 Å². The molecule has 1 N–H and O–H groups in total. The summed E-state index contributed by atoms with van der Waals surface area (Å²) in [4.78, 5) is 29.0. The van der Waals surface area contributed by atoms with Gasteiger partial charge in [-0.2, -0.15) is 9.59 Å². The van der Waals surface area contributed by atoms with Gasteiger partial charge in [-0.3, -0.25) is 0 Å². The predicted octanol–water partition coefficient (Wildman–Crippen LogP) is 5.21. The van der Waals surface area contributed by atoms with Crippen molar-refractivity contribution in [3.05, 3.63) is 76.7 Å². The third-order valence-corrected chi connectivity index (χ3v) is 6.97. The highest BCUT2D eigenvalue weighted by Gasteiger charge is 2.26. The summed E-state index contributed by atoms with van der Waals surface area (Å²) < 4.78 is 0. The summed E-state index contributed by atoms with van der Waals surface area (Å²) >= 11 is 0. The normalized spacial score (nSPS) is 15.3. The molecule has 1 fully saturated rings. The van der Waals surface area contributed by atoms with E-state index in [9.17, 15) is 0 Å². The number of rotatable bonds is 7. The van der Waals surface area contributed by atoms with Gasteiger partial charge >= 0.3 is 6.15 Å². The molecule has 2 aromatic carbocycles. The molecule has 2 heterocycles. The van der Waals surface area contributed by atoms with Gasteiger partial charge in [0.2, 0.25) is 0 Å². The molecule has 0 saturated carbocycles. The Balaban J connectivity index is 0.000000917. The molecule has 1 aromatic heterocycles. The number of nitrogens with zero attached hydrogens (tertiary/aromatic N) is 3. The van der Waals surface area contributed by atoms with Crippen molar-refractivity contribution < 1.29 is 9.59 Å². The van der Waals surface area contributed by atoms with E-state index in [2.05, 4.69) is 72.6 Å². The van der Waals surface area contributed by atoms with Gasteiger partial charge in [0.1, 0.15) is 11.6 Å². The van der Waals surface area contributed by atoms with Crippen molar-refractivity contribution in [2.75, 3.05) is 31.5 Å². The van der Waals surface area contributed by atoms with Crippen LogP contribution in [0.25, 0.3) is 11.1 Å². The third kappa shape index (κ3) is 6.02. The van der Waals surface area contributed by atoms with Gasteiger partial charge in [-0.15, -0.1) is 0 Å². The van der Waals surface area contributed by atoms with Crippen molar-refractivity contribution in [2.24, 2.45) is 0 Å². The second kappa shape index (κ2) is 11.9. The molecule has 5 rings (SSSR count). The van der Waals surface area contributed by atoms with Gasteiger partial charge in [-0.1, -0.05) is 67.4 Å². The molecule has 0 bridgehead atoms. The molecule has 0 radical (unpaired) electrons. The molecular formula is C29H34N4O2. The number of aryl methyl sites for hydroxylation is 1. The molecule has 0 spiro atoms. The second-order valence-corrected chi connectivity index (χ2v) is 9.49. The minimum absolute atomic E-state index is 0.167. The fourth-order valence-corrected chi connectivity index (χ4v) is 5.14. The van der Waals surface area contributed by atoms with Crippen molar-refractivity contribution in [3.63, 3.8) is 0 Å². The van der Waals surface area contributed by atoms with Crippen LogP contribution in [0.2, 0.25) is 0 Å². The van der Waals surface area contributed by atoms with Crippen LogP contribution in [-0.4, -0.2) is 47.2 Å². The van der Waals surface area contributed by atoms with E-state index in [0.29, 0.717) is 0 Å². The Morgan fingerprint density at radius 3 is 2.51 bits per heavy atom. The van der Waals surface area contributed by atoms with E-state index >= 15 is 0 Å². The summed E-state index contributed by atoms with van der Waals surface area (Å²) in [5.74, 6) is 2.09. The van der Waals surface area contributed by atoms with Crippen molar-refractivity contribution in [1.82, 2.24) is 14.9 Å². The predicted molar refractivity (Wildman–Crippen MR) is 137 cm³/mol. The minimum Gasteiger partial charge on any atom is -0.369 e. The van der Waals surface area contributed by atoms with Crippen LogP contribution >= 0.6 is 0 Å². The summed E-state index contributed by atoms with van der Waals surface area (Å²) in [6.45, 7) is 9.01. The lowest BCUT2D eigenvalue weighted by Crippen LogP contribution is -2.31. The van der Waals surface area contributed by atoms with Gasteiger partial charge in [0.25, 0.3) is 0 Å². The average molecular weight is 471 g/mol. The standard InChI is InChI=1S/C28H34N4.CO2/c1-20-12-13-24-23(18-20)19-25-26(24)28(29-14-9-17-32-15-7-4-8-16-32)31-27(30-25)21(2)22-10-5-3-6-11-22;2-1-3/h3,5-6,10-13,18,21H,4,7-9,14-17,19H2,1-2H3,(H,29,30,31);. The Morgan fingerprint density at radius 1 is 1.03 bits per heavy atom. The highest BCUT2D eigenvalue weighted by Crippen LogP contribution is 2.41. The van der Waals surface area contributed by atoms with E-state index in [1.807, 2.05) is 0 Å². The number of nitrogens with one attached hydrogen (secondary N) is 1. The molecule has 1 atom stereocenters. The van der Waals surface area contributed by atoms with E-state index in [0.717, 1.165) is 36.7 Å². The van der Waals surface area contributed by atoms with Crippen LogP contribution in [0.5, 0.6) is 0 Å². The lowest BCUT2D eigenvalue weighted by Gasteiger charge is -2.26. The van der Waals surface area contributed by atoms with Crippen LogP contribution in [0.3, 0.4) is 0 Å². The van der Waals surface area contributed by atoms with Gasteiger partial charge in [-0.25, -0.2) is 9.97 Å². The number of hydrogen-bond acceptors (Lipinski definition) is 6. The fourth-order valence-electron chi connectivity index (χ4n) is 5.14. The Labute approximate surface area is 207 Å².